The van der Waals surface area contributed by atoms with Crippen LogP contribution in [0.3, 0.4) is 0 Å². The number of amides is 2. The maximum Gasteiger partial charge on any atom is 0.317 e. The summed E-state index contributed by atoms with van der Waals surface area (Å²) in [6, 6.07) is 0.0461. The lowest BCUT2D eigenvalue weighted by molar-refractivity contribution is 0.171. The smallest absolute Gasteiger partial charge is 0.317 e. The van der Waals surface area contributed by atoms with Crippen molar-refractivity contribution in [1.82, 2.24) is 15.2 Å². The van der Waals surface area contributed by atoms with Gasteiger partial charge in [0.2, 0.25) is 0 Å². The first-order chi connectivity index (χ1) is 9.10. The summed E-state index contributed by atoms with van der Waals surface area (Å²) in [6.45, 7) is 8.12. The Morgan fingerprint density at radius 1 is 1.58 bits per heavy atom. The number of rotatable bonds is 3. The third-order valence-corrected chi connectivity index (χ3v) is 5.03. The summed E-state index contributed by atoms with van der Waals surface area (Å²) in [5.74, 6) is 0.743. The molecule has 1 N–H and O–H groups in total. The Labute approximate surface area is 119 Å². The SMILES string of the molecule is CCc1cnc(C(C)NC(=O)N2CCC(C)CC2)s1. The molecule has 0 aromatic carbocycles. The number of nitrogens with one attached hydrogen (secondary N) is 1. The number of urea groups is 1. The summed E-state index contributed by atoms with van der Waals surface area (Å²) in [6.07, 6.45) is 5.13. The van der Waals surface area contributed by atoms with Crippen LogP contribution in [0.2, 0.25) is 0 Å². The Balaban J connectivity index is 1.87. The summed E-state index contributed by atoms with van der Waals surface area (Å²) in [5.41, 5.74) is 0. The van der Waals surface area contributed by atoms with E-state index in [9.17, 15) is 4.79 Å². The highest BCUT2D eigenvalue weighted by Crippen LogP contribution is 2.21. The number of nitrogens with zero attached hydrogens (tertiary/aromatic N) is 2. The Morgan fingerprint density at radius 2 is 2.26 bits per heavy atom. The van der Waals surface area contributed by atoms with Gasteiger partial charge in [-0.05, 0) is 32.1 Å². The van der Waals surface area contributed by atoms with Gasteiger partial charge >= 0.3 is 6.03 Å². The molecule has 2 rings (SSSR count). The monoisotopic (exact) mass is 281 g/mol. The van der Waals surface area contributed by atoms with E-state index in [0.717, 1.165) is 43.3 Å². The van der Waals surface area contributed by atoms with E-state index in [2.05, 4.69) is 24.1 Å². The molecular weight excluding hydrogens is 258 g/mol. The van der Waals surface area contributed by atoms with Crippen molar-refractivity contribution in [3.63, 3.8) is 0 Å². The molecular formula is C14H23N3OS. The average Bonchev–Trinajstić information content (AvgIpc) is 2.88. The molecule has 0 saturated carbocycles. The molecule has 0 aliphatic carbocycles. The van der Waals surface area contributed by atoms with Crippen LogP contribution in [0.25, 0.3) is 0 Å². The number of likely N-dealkylation sites (tertiary alicyclic amines) is 1. The lowest BCUT2D eigenvalue weighted by atomic mass is 10.00. The highest BCUT2D eigenvalue weighted by molar-refractivity contribution is 7.11. The summed E-state index contributed by atoms with van der Waals surface area (Å²) in [5, 5.41) is 4.05. The lowest BCUT2D eigenvalue weighted by Gasteiger charge is -2.31. The van der Waals surface area contributed by atoms with Gasteiger partial charge in [-0.25, -0.2) is 9.78 Å². The van der Waals surface area contributed by atoms with E-state index in [4.69, 9.17) is 0 Å². The molecule has 19 heavy (non-hydrogen) atoms. The number of aryl methyl sites for hydroxylation is 1. The first kappa shape index (κ1) is 14.3. The molecule has 1 aliphatic heterocycles. The fourth-order valence-corrected chi connectivity index (χ4v) is 3.10. The van der Waals surface area contributed by atoms with Gasteiger partial charge in [-0.3, -0.25) is 0 Å². The second-order valence-corrected chi connectivity index (χ2v) is 6.51. The van der Waals surface area contributed by atoms with Gasteiger partial charge in [-0.1, -0.05) is 13.8 Å². The zero-order chi connectivity index (χ0) is 13.8. The van der Waals surface area contributed by atoms with Crippen LogP contribution >= 0.6 is 11.3 Å². The second-order valence-electron chi connectivity index (χ2n) is 5.36. The van der Waals surface area contributed by atoms with Crippen molar-refractivity contribution in [3.05, 3.63) is 16.1 Å². The van der Waals surface area contributed by atoms with E-state index < -0.39 is 0 Å². The molecule has 1 aliphatic rings. The normalized spacial score (nSPS) is 18.4. The molecule has 1 unspecified atom stereocenters. The Bertz CT molecular complexity index is 424. The number of hydrogen-bond acceptors (Lipinski definition) is 3. The standard InChI is InChI=1S/C14H23N3OS/c1-4-12-9-15-13(19-12)11(3)16-14(18)17-7-5-10(2)6-8-17/h9-11H,4-8H2,1-3H3,(H,16,18). The predicted octanol–water partition coefficient (Wildman–Crippen LogP) is 3.21. The summed E-state index contributed by atoms with van der Waals surface area (Å²) in [4.78, 5) is 19.7. The van der Waals surface area contributed by atoms with E-state index >= 15 is 0 Å². The van der Waals surface area contributed by atoms with Crippen LogP contribution in [0.15, 0.2) is 6.20 Å². The van der Waals surface area contributed by atoms with Crippen molar-refractivity contribution in [1.29, 1.82) is 0 Å². The quantitative estimate of drug-likeness (QED) is 0.924. The Kier molecular flexibility index (Phi) is 4.80. The molecule has 106 valence electrons. The maximum absolute atomic E-state index is 12.2. The topological polar surface area (TPSA) is 45.2 Å². The minimum atomic E-state index is -0.00264. The molecule has 0 radical (unpaired) electrons. The minimum Gasteiger partial charge on any atom is -0.329 e. The number of carbonyl (C=O) groups excluding carboxylic acids is 1. The van der Waals surface area contributed by atoms with Gasteiger partial charge < -0.3 is 10.2 Å². The molecule has 1 saturated heterocycles. The van der Waals surface area contributed by atoms with Crippen molar-refractivity contribution in [2.45, 2.75) is 46.1 Å². The summed E-state index contributed by atoms with van der Waals surface area (Å²) >= 11 is 1.69. The van der Waals surface area contributed by atoms with Crippen molar-refractivity contribution in [2.24, 2.45) is 5.92 Å². The molecule has 1 aromatic heterocycles. The first-order valence-electron chi connectivity index (χ1n) is 7.10. The fourth-order valence-electron chi connectivity index (χ4n) is 2.24. The van der Waals surface area contributed by atoms with Crippen LogP contribution in [0.4, 0.5) is 4.79 Å². The minimum absolute atomic E-state index is 0.00264. The maximum atomic E-state index is 12.2. The Hall–Kier alpha value is -1.10. The highest BCUT2D eigenvalue weighted by atomic mass is 32.1. The van der Waals surface area contributed by atoms with Gasteiger partial charge in [0.05, 0.1) is 6.04 Å². The van der Waals surface area contributed by atoms with Crippen LogP contribution in [0, 0.1) is 5.92 Å². The van der Waals surface area contributed by atoms with E-state index in [1.165, 1.54) is 4.88 Å². The lowest BCUT2D eigenvalue weighted by Crippen LogP contribution is -2.44. The van der Waals surface area contributed by atoms with E-state index in [0.29, 0.717) is 0 Å². The van der Waals surface area contributed by atoms with E-state index in [1.807, 2.05) is 18.0 Å². The van der Waals surface area contributed by atoms with Crippen LogP contribution in [-0.2, 0) is 6.42 Å². The van der Waals surface area contributed by atoms with Crippen molar-refractivity contribution in [2.75, 3.05) is 13.1 Å². The molecule has 2 heterocycles. The second kappa shape index (κ2) is 6.37. The first-order valence-corrected chi connectivity index (χ1v) is 7.91. The summed E-state index contributed by atoms with van der Waals surface area (Å²) < 4.78 is 0. The number of aromatic nitrogens is 1. The fraction of sp³-hybridized carbons (Fsp3) is 0.714. The zero-order valence-corrected chi connectivity index (χ0v) is 12.8. The molecule has 5 heteroatoms. The molecule has 4 nitrogen and oxygen atoms in total. The van der Waals surface area contributed by atoms with E-state index in [-0.39, 0.29) is 12.1 Å². The van der Waals surface area contributed by atoms with Crippen molar-refractivity contribution >= 4 is 17.4 Å². The van der Waals surface area contributed by atoms with Gasteiger partial charge in [-0.2, -0.15) is 0 Å². The largest absolute Gasteiger partial charge is 0.329 e. The predicted molar refractivity (Wildman–Crippen MR) is 78.4 cm³/mol. The van der Waals surface area contributed by atoms with Gasteiger partial charge in [0, 0.05) is 24.2 Å². The van der Waals surface area contributed by atoms with Crippen molar-refractivity contribution < 1.29 is 4.79 Å². The van der Waals surface area contributed by atoms with Crippen LogP contribution in [0.5, 0.6) is 0 Å². The highest BCUT2D eigenvalue weighted by Gasteiger charge is 2.22. The number of carbonyl (C=O) groups is 1. The third kappa shape index (κ3) is 3.69. The van der Waals surface area contributed by atoms with Gasteiger partial charge in [0.25, 0.3) is 0 Å². The van der Waals surface area contributed by atoms with Gasteiger partial charge in [-0.15, -0.1) is 11.3 Å². The zero-order valence-electron chi connectivity index (χ0n) is 12.0. The van der Waals surface area contributed by atoms with Gasteiger partial charge in [0.15, 0.2) is 0 Å². The third-order valence-electron chi connectivity index (χ3n) is 3.70. The van der Waals surface area contributed by atoms with Crippen molar-refractivity contribution in [3.8, 4) is 0 Å². The number of thiazole rings is 1. The van der Waals surface area contributed by atoms with Crippen LogP contribution in [0.1, 0.15) is 49.5 Å². The molecule has 1 aromatic rings. The molecule has 1 atom stereocenters. The van der Waals surface area contributed by atoms with Crippen LogP contribution < -0.4 is 5.32 Å². The Morgan fingerprint density at radius 3 is 2.84 bits per heavy atom. The summed E-state index contributed by atoms with van der Waals surface area (Å²) in [7, 11) is 0. The molecule has 2 amide bonds. The average molecular weight is 281 g/mol. The van der Waals surface area contributed by atoms with Gasteiger partial charge in [0.1, 0.15) is 5.01 Å². The molecule has 0 spiro atoms. The molecule has 1 fully saturated rings. The van der Waals surface area contributed by atoms with E-state index in [1.54, 1.807) is 11.3 Å². The number of piperidine rings is 1. The molecule has 0 bridgehead atoms. The van der Waals surface area contributed by atoms with Crippen LogP contribution in [-0.4, -0.2) is 29.0 Å². The number of hydrogen-bond donors (Lipinski definition) is 1.